The molecule has 6 atom stereocenters. The summed E-state index contributed by atoms with van der Waals surface area (Å²) in [5.41, 5.74) is 0. The van der Waals surface area contributed by atoms with E-state index in [0.717, 1.165) is 70.6 Å². The lowest BCUT2D eigenvalue weighted by Crippen LogP contribution is -2.64. The monoisotopic (exact) mass is 786 g/mol. The van der Waals surface area contributed by atoms with Crippen LogP contribution in [-0.2, 0) is 27.9 Å². The number of allylic oxidation sites excluding steroid dienone is 10. The topological polar surface area (TPSA) is 192 Å². The summed E-state index contributed by atoms with van der Waals surface area (Å²) in [5, 5.41) is 50.0. The van der Waals surface area contributed by atoms with Crippen LogP contribution in [0.1, 0.15) is 129 Å². The lowest BCUT2D eigenvalue weighted by atomic mass is 9.85. The Labute approximate surface area is 324 Å². The molecule has 0 aromatic rings. The molecular formula is C41H71O12P. The zero-order valence-corrected chi connectivity index (χ0v) is 33.6. The Balaban J connectivity index is 2.52. The van der Waals surface area contributed by atoms with Crippen LogP contribution in [0.15, 0.2) is 60.8 Å². The molecule has 13 heteroatoms. The van der Waals surface area contributed by atoms with Gasteiger partial charge in [-0.3, -0.25) is 13.8 Å². The van der Waals surface area contributed by atoms with E-state index < -0.39 is 63.1 Å². The summed E-state index contributed by atoms with van der Waals surface area (Å²) in [6.45, 7) is 3.94. The summed E-state index contributed by atoms with van der Waals surface area (Å²) in [5.74, 6) is -0.509. The molecule has 0 spiro atoms. The first-order valence-electron chi connectivity index (χ1n) is 20.1. The Kier molecular flexibility index (Phi) is 29.8. The van der Waals surface area contributed by atoms with Crippen LogP contribution in [0.5, 0.6) is 0 Å². The average Bonchev–Trinajstić information content (AvgIpc) is 3.15. The van der Waals surface area contributed by atoms with Crippen molar-refractivity contribution < 1.29 is 58.3 Å². The maximum absolute atomic E-state index is 12.8. The molecule has 0 heterocycles. The molecule has 0 radical (unpaired) electrons. The van der Waals surface area contributed by atoms with E-state index in [1.54, 1.807) is 0 Å². The van der Waals surface area contributed by atoms with Gasteiger partial charge in [0.15, 0.2) is 0 Å². The van der Waals surface area contributed by atoms with E-state index in [4.69, 9.17) is 18.5 Å². The van der Waals surface area contributed by atoms with E-state index >= 15 is 0 Å². The van der Waals surface area contributed by atoms with Crippen LogP contribution in [-0.4, -0.2) is 98.9 Å². The largest absolute Gasteiger partial charge is 0.472 e. The fraction of sp³-hybridized carbons (Fsp3) is 0.732. The van der Waals surface area contributed by atoms with E-state index in [1.807, 2.05) is 0 Å². The molecule has 54 heavy (non-hydrogen) atoms. The third kappa shape index (κ3) is 24.5. The molecule has 312 valence electrons. The highest BCUT2D eigenvalue weighted by molar-refractivity contribution is 7.47. The lowest BCUT2D eigenvalue weighted by Gasteiger charge is -2.41. The van der Waals surface area contributed by atoms with Gasteiger partial charge in [0.1, 0.15) is 42.7 Å². The number of unbranched alkanes of at least 4 members (excludes halogenated alkanes) is 10. The summed E-state index contributed by atoms with van der Waals surface area (Å²) in [6.07, 6.45) is 26.0. The number of esters is 1. The van der Waals surface area contributed by atoms with Crippen LogP contribution >= 0.6 is 7.82 Å². The quantitative estimate of drug-likeness (QED) is 0.0176. The second-order valence-electron chi connectivity index (χ2n) is 13.7. The number of aliphatic hydroxyl groups is 5. The minimum Gasteiger partial charge on any atom is -0.457 e. The molecular weight excluding hydrogens is 715 g/mol. The minimum absolute atomic E-state index is 0.121. The maximum Gasteiger partial charge on any atom is 0.472 e. The van der Waals surface area contributed by atoms with E-state index in [0.29, 0.717) is 19.4 Å². The third-order valence-electron chi connectivity index (χ3n) is 8.87. The first-order valence-corrected chi connectivity index (χ1v) is 21.6. The normalized spacial score (nSPS) is 24.1. The molecule has 0 aliphatic heterocycles. The Morgan fingerprint density at radius 1 is 0.611 bits per heavy atom. The molecule has 1 rings (SSSR count). The maximum atomic E-state index is 12.8. The number of hydrogen-bond acceptors (Lipinski definition) is 11. The molecule has 0 saturated heterocycles. The van der Waals surface area contributed by atoms with Crippen molar-refractivity contribution in [1.82, 2.24) is 0 Å². The summed E-state index contributed by atoms with van der Waals surface area (Å²) in [6, 6.07) is 0. The van der Waals surface area contributed by atoms with Gasteiger partial charge in [-0.05, 0) is 70.6 Å². The van der Waals surface area contributed by atoms with Crippen LogP contribution in [0, 0.1) is 0 Å². The Bertz CT molecular complexity index is 1120. The molecule has 6 N–H and O–H groups in total. The Morgan fingerprint density at radius 2 is 1.09 bits per heavy atom. The summed E-state index contributed by atoms with van der Waals surface area (Å²) < 4.78 is 33.9. The molecule has 0 aromatic heterocycles. The highest BCUT2D eigenvalue weighted by atomic mass is 31.2. The first kappa shape index (κ1) is 50.1. The summed E-state index contributed by atoms with van der Waals surface area (Å²) in [7, 11) is -5.03. The second-order valence-corrected chi connectivity index (χ2v) is 15.2. The minimum atomic E-state index is -5.03. The molecule has 1 fully saturated rings. The van der Waals surface area contributed by atoms with Crippen molar-refractivity contribution in [2.24, 2.45) is 0 Å². The molecule has 6 unspecified atom stereocenters. The first-order chi connectivity index (χ1) is 26.0. The molecule has 0 bridgehead atoms. The van der Waals surface area contributed by atoms with Gasteiger partial charge in [0.25, 0.3) is 0 Å². The van der Waals surface area contributed by atoms with Crippen LogP contribution in [0.3, 0.4) is 0 Å². The van der Waals surface area contributed by atoms with Crippen molar-refractivity contribution in [1.29, 1.82) is 0 Å². The molecule has 1 aliphatic rings. The van der Waals surface area contributed by atoms with Crippen molar-refractivity contribution in [2.75, 3.05) is 19.8 Å². The van der Waals surface area contributed by atoms with Crippen molar-refractivity contribution in [3.63, 3.8) is 0 Å². The number of carbonyl (C=O) groups excluding carboxylic acids is 1. The van der Waals surface area contributed by atoms with Gasteiger partial charge in [0.05, 0.1) is 13.2 Å². The molecule has 0 amide bonds. The Hall–Kier alpha value is -1.96. The van der Waals surface area contributed by atoms with Crippen LogP contribution in [0.25, 0.3) is 0 Å². The van der Waals surface area contributed by atoms with Gasteiger partial charge in [-0.15, -0.1) is 0 Å². The number of rotatable bonds is 32. The van der Waals surface area contributed by atoms with Crippen molar-refractivity contribution >= 4 is 13.8 Å². The standard InChI is InChI=1S/C41H71O12P/c1-3-5-7-9-11-13-15-17-19-21-23-25-27-29-31-50-32-34(33-51-54(48,49)53-41-39(46)37(44)36(43)38(45)40(41)47)52-35(42)30-28-26-24-22-20-18-16-14-12-10-8-6-4-2/h5,7,11,13-14,16-17,19,23,25,34,36-41,43-47H,3-4,6,8-10,12,15,18,20-22,24,26-33H2,1-2H3,(H,48,49)/b7-5-,13-11-,16-14-,19-17-,25-23-. The number of carbonyl (C=O) groups is 1. The number of phosphoric ester groups is 1. The fourth-order valence-corrected chi connectivity index (χ4v) is 6.62. The second kappa shape index (κ2) is 32.2. The zero-order chi connectivity index (χ0) is 39.9. The van der Waals surface area contributed by atoms with Gasteiger partial charge in [-0.25, -0.2) is 4.57 Å². The van der Waals surface area contributed by atoms with Crippen LogP contribution < -0.4 is 0 Å². The van der Waals surface area contributed by atoms with Gasteiger partial charge in [0, 0.05) is 13.0 Å². The molecule has 1 aliphatic carbocycles. The summed E-state index contributed by atoms with van der Waals surface area (Å²) in [4.78, 5) is 23.0. The summed E-state index contributed by atoms with van der Waals surface area (Å²) >= 11 is 0. The lowest BCUT2D eigenvalue weighted by molar-refractivity contribution is -0.220. The molecule has 0 aromatic carbocycles. The van der Waals surface area contributed by atoms with Crippen LogP contribution in [0.4, 0.5) is 0 Å². The number of ether oxygens (including phenoxy) is 2. The van der Waals surface area contributed by atoms with Gasteiger partial charge >= 0.3 is 13.8 Å². The van der Waals surface area contributed by atoms with E-state index in [1.165, 1.54) is 25.7 Å². The van der Waals surface area contributed by atoms with Crippen molar-refractivity contribution in [3.05, 3.63) is 60.8 Å². The Morgan fingerprint density at radius 3 is 1.69 bits per heavy atom. The van der Waals surface area contributed by atoms with Crippen molar-refractivity contribution in [3.8, 4) is 0 Å². The SMILES string of the molecule is CC/C=C\C/C=C\C/C=C\C/C=C\CCCOCC(COP(=O)(O)OC1C(O)C(O)C(O)C(O)C1O)OC(=O)CCCCCCC/C=C\CCCCCC. The number of aliphatic hydroxyl groups excluding tert-OH is 5. The molecule has 1 saturated carbocycles. The van der Waals surface area contributed by atoms with Gasteiger partial charge in [0.2, 0.25) is 0 Å². The van der Waals surface area contributed by atoms with Gasteiger partial charge in [-0.1, -0.05) is 113 Å². The van der Waals surface area contributed by atoms with Crippen molar-refractivity contribution in [2.45, 2.75) is 172 Å². The third-order valence-corrected chi connectivity index (χ3v) is 9.86. The number of phosphoric acid groups is 1. The average molecular weight is 787 g/mol. The fourth-order valence-electron chi connectivity index (χ4n) is 5.65. The predicted octanol–water partition coefficient (Wildman–Crippen LogP) is 7.08. The van der Waals surface area contributed by atoms with Crippen LogP contribution in [0.2, 0.25) is 0 Å². The van der Waals surface area contributed by atoms with E-state index in [9.17, 15) is 39.8 Å². The van der Waals surface area contributed by atoms with E-state index in [2.05, 4.69) is 74.6 Å². The van der Waals surface area contributed by atoms with E-state index in [-0.39, 0.29) is 13.0 Å². The van der Waals surface area contributed by atoms with Gasteiger partial charge < -0.3 is 39.9 Å². The molecule has 12 nitrogen and oxygen atoms in total. The highest BCUT2D eigenvalue weighted by Crippen LogP contribution is 2.47. The zero-order valence-electron chi connectivity index (χ0n) is 32.7. The predicted molar refractivity (Wildman–Crippen MR) is 212 cm³/mol. The smallest absolute Gasteiger partial charge is 0.457 e. The number of hydrogen-bond donors (Lipinski definition) is 6. The highest BCUT2D eigenvalue weighted by Gasteiger charge is 2.51. The van der Waals surface area contributed by atoms with Gasteiger partial charge in [-0.2, -0.15) is 0 Å².